The van der Waals surface area contributed by atoms with Crippen molar-refractivity contribution in [3.05, 3.63) is 0 Å². The molecule has 0 atom stereocenters. The maximum atomic E-state index is 11.7. The molecule has 0 aliphatic carbocycles. The van der Waals surface area contributed by atoms with Gasteiger partial charge >= 0.3 is 12.4 Å². The zero-order chi connectivity index (χ0) is 10.2. The summed E-state index contributed by atoms with van der Waals surface area (Å²) in [6.07, 6.45) is -11.2. The van der Waals surface area contributed by atoms with Crippen LogP contribution >= 0.6 is 11.9 Å². The number of alkyl halides is 6. The van der Waals surface area contributed by atoms with Crippen molar-refractivity contribution in [3.8, 4) is 0 Å². The van der Waals surface area contributed by atoms with Gasteiger partial charge in [0.1, 0.15) is 0 Å². The first-order valence-corrected chi connectivity index (χ1v) is 2.80. The molecule has 0 aromatic carbocycles. The lowest BCUT2D eigenvalue weighted by Gasteiger charge is -2.30. The molecule has 0 N–H and O–H groups in total. The van der Waals surface area contributed by atoms with Gasteiger partial charge in [-0.15, -0.1) is 0 Å². The van der Waals surface area contributed by atoms with Crippen molar-refractivity contribution in [2.45, 2.75) is 24.9 Å². The zero-order valence-electron chi connectivity index (χ0n) is 5.55. The molecule has 0 saturated heterocycles. The average Bonchev–Trinajstić information content (AvgIpc) is 1.81. The highest BCUT2D eigenvalue weighted by molar-refractivity contribution is 6.07. The first kappa shape index (κ1) is 11.8. The highest BCUT2D eigenvalue weighted by atomic mass is 35.5. The van der Waals surface area contributed by atoms with E-state index in [9.17, 15) is 26.3 Å². The Balaban J connectivity index is 4.95. The van der Waals surface area contributed by atoms with Gasteiger partial charge in [0.2, 0.25) is 0 Å². The van der Waals surface area contributed by atoms with E-state index in [2.05, 4.69) is 16.2 Å². The molecule has 0 bridgehead atoms. The third kappa shape index (κ3) is 1.77. The van der Waals surface area contributed by atoms with Crippen LogP contribution in [0.2, 0.25) is 0 Å². The van der Waals surface area contributed by atoms with Crippen molar-refractivity contribution < 1.29 is 30.6 Å². The summed E-state index contributed by atoms with van der Waals surface area (Å²) in [6.45, 7) is -0.194. The summed E-state index contributed by atoms with van der Waals surface area (Å²) in [4.78, 5) is 0. The minimum absolute atomic E-state index is 0.194. The second-order valence-corrected chi connectivity index (χ2v) is 2.26. The molecule has 0 heterocycles. The Bertz CT molecular complexity index is 146. The van der Waals surface area contributed by atoms with Crippen LogP contribution in [-0.2, 0) is 4.29 Å². The van der Waals surface area contributed by atoms with Gasteiger partial charge in [0, 0.05) is 0 Å². The van der Waals surface area contributed by atoms with Crippen LogP contribution in [-0.4, -0.2) is 18.0 Å². The van der Waals surface area contributed by atoms with Crippen LogP contribution in [0.3, 0.4) is 0 Å². The van der Waals surface area contributed by atoms with E-state index < -0.39 is 18.0 Å². The summed E-state index contributed by atoms with van der Waals surface area (Å²) in [5, 5.41) is 0. The van der Waals surface area contributed by atoms with Crippen LogP contribution in [0.15, 0.2) is 0 Å². The quantitative estimate of drug-likeness (QED) is 0.612. The van der Waals surface area contributed by atoms with Gasteiger partial charge in [-0.05, 0) is 6.92 Å². The zero-order valence-corrected chi connectivity index (χ0v) is 6.31. The summed E-state index contributed by atoms with van der Waals surface area (Å²) >= 11 is 4.14. The Hall–Kier alpha value is -0.170. The first-order chi connectivity index (χ1) is 5.06. The molecule has 0 aromatic heterocycles. The Kier molecular flexibility index (Phi) is 2.91. The molecule has 12 heavy (non-hydrogen) atoms. The van der Waals surface area contributed by atoms with Crippen molar-refractivity contribution in [2.24, 2.45) is 0 Å². The molecular formula is C4H3ClF6O. The van der Waals surface area contributed by atoms with E-state index in [0.717, 1.165) is 0 Å². The van der Waals surface area contributed by atoms with Crippen LogP contribution in [0.5, 0.6) is 0 Å². The second-order valence-electron chi connectivity index (χ2n) is 2.11. The van der Waals surface area contributed by atoms with Gasteiger partial charge in [-0.2, -0.15) is 26.3 Å². The summed E-state index contributed by atoms with van der Waals surface area (Å²) in [6, 6.07) is 0. The number of hydrogen-bond acceptors (Lipinski definition) is 1. The van der Waals surface area contributed by atoms with Gasteiger partial charge in [0.05, 0.1) is 11.9 Å². The highest BCUT2D eigenvalue weighted by Crippen LogP contribution is 2.45. The van der Waals surface area contributed by atoms with Crippen molar-refractivity contribution in [3.63, 3.8) is 0 Å². The Morgan fingerprint density at radius 1 is 0.917 bits per heavy atom. The summed E-state index contributed by atoms with van der Waals surface area (Å²) in [7, 11) is 0. The molecule has 0 aliphatic rings. The molecule has 0 fully saturated rings. The predicted molar refractivity (Wildman–Crippen MR) is 27.5 cm³/mol. The minimum atomic E-state index is -5.59. The first-order valence-electron chi connectivity index (χ1n) is 2.49. The fourth-order valence-corrected chi connectivity index (χ4v) is 0.423. The molecule has 0 unspecified atom stereocenters. The van der Waals surface area contributed by atoms with Gasteiger partial charge in [-0.1, -0.05) is 0 Å². The average molecular weight is 217 g/mol. The third-order valence-corrected chi connectivity index (χ3v) is 1.54. The lowest BCUT2D eigenvalue weighted by Crippen LogP contribution is -2.54. The monoisotopic (exact) mass is 216 g/mol. The van der Waals surface area contributed by atoms with Gasteiger partial charge in [0.15, 0.2) is 0 Å². The smallest absolute Gasteiger partial charge is 0.253 e. The molecule has 0 amide bonds. The summed E-state index contributed by atoms with van der Waals surface area (Å²) in [5.74, 6) is 0. The van der Waals surface area contributed by atoms with E-state index in [1.807, 2.05) is 0 Å². The summed E-state index contributed by atoms with van der Waals surface area (Å²) in [5.41, 5.74) is -4.32. The fraction of sp³-hybridized carbons (Fsp3) is 1.00. The molecule has 74 valence electrons. The van der Waals surface area contributed by atoms with Gasteiger partial charge in [-0.3, -0.25) is 4.29 Å². The van der Waals surface area contributed by atoms with E-state index in [4.69, 9.17) is 0 Å². The van der Waals surface area contributed by atoms with Crippen molar-refractivity contribution in [1.82, 2.24) is 0 Å². The van der Waals surface area contributed by atoms with E-state index in [0.29, 0.717) is 0 Å². The SMILES string of the molecule is CC(OCl)(C(F)(F)F)C(F)(F)F. The van der Waals surface area contributed by atoms with Gasteiger partial charge in [-0.25, -0.2) is 0 Å². The van der Waals surface area contributed by atoms with Crippen LogP contribution in [0.4, 0.5) is 26.3 Å². The predicted octanol–water partition coefficient (Wildman–Crippen LogP) is 3.04. The number of halogens is 7. The maximum Gasteiger partial charge on any atom is 0.428 e. The molecule has 0 saturated carbocycles. The lowest BCUT2D eigenvalue weighted by molar-refractivity contribution is -0.349. The van der Waals surface area contributed by atoms with E-state index in [1.165, 1.54) is 0 Å². The van der Waals surface area contributed by atoms with Crippen LogP contribution in [0.1, 0.15) is 6.92 Å². The molecule has 0 aromatic rings. The van der Waals surface area contributed by atoms with E-state index >= 15 is 0 Å². The van der Waals surface area contributed by atoms with Crippen LogP contribution < -0.4 is 0 Å². The second kappa shape index (κ2) is 2.95. The Morgan fingerprint density at radius 2 is 1.17 bits per heavy atom. The van der Waals surface area contributed by atoms with Crippen LogP contribution in [0.25, 0.3) is 0 Å². The minimum Gasteiger partial charge on any atom is -0.253 e. The highest BCUT2D eigenvalue weighted by Gasteiger charge is 2.69. The molecule has 0 radical (unpaired) electrons. The van der Waals surface area contributed by atoms with Crippen LogP contribution in [0, 0.1) is 0 Å². The lowest BCUT2D eigenvalue weighted by atomic mass is 10.1. The van der Waals surface area contributed by atoms with Gasteiger partial charge in [0.25, 0.3) is 5.60 Å². The largest absolute Gasteiger partial charge is 0.428 e. The van der Waals surface area contributed by atoms with E-state index in [-0.39, 0.29) is 6.92 Å². The van der Waals surface area contributed by atoms with Crippen molar-refractivity contribution in [2.75, 3.05) is 0 Å². The molecule has 0 aliphatic heterocycles. The number of hydrogen-bond donors (Lipinski definition) is 0. The maximum absolute atomic E-state index is 11.7. The molecule has 8 heteroatoms. The van der Waals surface area contributed by atoms with E-state index in [1.54, 1.807) is 0 Å². The Labute approximate surface area is 68.4 Å². The summed E-state index contributed by atoms with van der Waals surface area (Å²) < 4.78 is 72.9. The van der Waals surface area contributed by atoms with Gasteiger partial charge < -0.3 is 0 Å². The van der Waals surface area contributed by atoms with Crippen molar-refractivity contribution in [1.29, 1.82) is 0 Å². The molecule has 0 spiro atoms. The van der Waals surface area contributed by atoms with Crippen molar-refractivity contribution >= 4 is 11.9 Å². The molecule has 0 rings (SSSR count). The molecule has 1 nitrogen and oxygen atoms in total. The Morgan fingerprint density at radius 3 is 1.17 bits per heavy atom. The number of rotatable bonds is 1. The topological polar surface area (TPSA) is 9.23 Å². The normalized spacial score (nSPS) is 15.0. The third-order valence-electron chi connectivity index (χ3n) is 1.24. The fourth-order valence-electron chi connectivity index (χ4n) is 0.248. The standard InChI is InChI=1S/C4H3ClF6O/c1-2(12-5,3(6,7)8)4(9,10)11/h1H3. The molecular weight excluding hydrogens is 213 g/mol.